The van der Waals surface area contributed by atoms with Crippen molar-refractivity contribution in [3.63, 3.8) is 0 Å². The highest BCUT2D eigenvalue weighted by atomic mass is 32.1. The number of aromatic nitrogens is 2. The van der Waals surface area contributed by atoms with Crippen LogP contribution in [0.3, 0.4) is 0 Å². The molecule has 0 spiro atoms. The van der Waals surface area contributed by atoms with Gasteiger partial charge in [-0.2, -0.15) is 0 Å². The molecule has 260 valence electrons. The van der Waals surface area contributed by atoms with E-state index < -0.39 is 42.3 Å². The zero-order chi connectivity index (χ0) is 35.0. The van der Waals surface area contributed by atoms with E-state index >= 15 is 0 Å². The molecule has 11 nitrogen and oxygen atoms in total. The Balaban J connectivity index is 1.45. The Kier molecular flexibility index (Phi) is 14.5. The van der Waals surface area contributed by atoms with E-state index in [2.05, 4.69) is 25.9 Å². The lowest BCUT2D eigenvalue weighted by Crippen LogP contribution is -2.56. The van der Waals surface area contributed by atoms with Crippen molar-refractivity contribution in [3.8, 4) is 0 Å². The van der Waals surface area contributed by atoms with Crippen molar-refractivity contribution in [1.29, 1.82) is 0 Å². The maximum Gasteiger partial charge on any atom is 0.408 e. The summed E-state index contributed by atoms with van der Waals surface area (Å²) < 4.78 is 10.8. The number of aliphatic hydroxyl groups is 1. The third-order valence-corrected chi connectivity index (χ3v) is 8.94. The van der Waals surface area contributed by atoms with Gasteiger partial charge in [-0.25, -0.2) is 14.6 Å². The fourth-order valence-electron chi connectivity index (χ4n) is 5.23. The Labute approximate surface area is 291 Å². The molecule has 2 aromatic heterocycles. The maximum absolute atomic E-state index is 13.7. The normalized spacial score (nSPS) is 13.5. The molecule has 0 saturated carbocycles. The fourth-order valence-corrected chi connectivity index (χ4v) is 6.01. The molecule has 2 aromatic carbocycles. The largest absolute Gasteiger partial charge is 0.445 e. The quantitative estimate of drug-likeness (QED) is 0.116. The highest BCUT2D eigenvalue weighted by Gasteiger charge is 2.31. The zero-order valence-corrected chi connectivity index (χ0v) is 28.9. The van der Waals surface area contributed by atoms with Gasteiger partial charge in [0.05, 0.1) is 22.0 Å². The summed E-state index contributed by atoms with van der Waals surface area (Å²) in [5, 5.41) is 21.2. The van der Waals surface area contributed by atoms with E-state index in [0.717, 1.165) is 33.0 Å². The number of pyridine rings is 1. The molecule has 0 aliphatic carbocycles. The average Bonchev–Trinajstić information content (AvgIpc) is 3.58. The summed E-state index contributed by atoms with van der Waals surface area (Å²) in [5.74, 6) is -0.735. The predicted octanol–water partition coefficient (Wildman–Crippen LogP) is 5.37. The molecule has 0 aliphatic heterocycles. The van der Waals surface area contributed by atoms with Crippen LogP contribution in [0.5, 0.6) is 0 Å². The summed E-state index contributed by atoms with van der Waals surface area (Å²) in [7, 11) is 0. The second-order valence-electron chi connectivity index (χ2n) is 12.1. The first-order valence-electron chi connectivity index (χ1n) is 16.5. The number of carbonyl (C=O) groups excluding carboxylic acids is 3. The number of nitrogens with one attached hydrogen (secondary N) is 3. The molecule has 2 heterocycles. The molecular formula is C37H45N5O6S. The molecule has 0 bridgehead atoms. The Morgan fingerprint density at radius 1 is 0.796 bits per heavy atom. The van der Waals surface area contributed by atoms with Gasteiger partial charge in [-0.1, -0.05) is 87.5 Å². The van der Waals surface area contributed by atoms with Gasteiger partial charge in [0.2, 0.25) is 5.91 Å². The van der Waals surface area contributed by atoms with Gasteiger partial charge < -0.3 is 30.5 Å². The van der Waals surface area contributed by atoms with Gasteiger partial charge >= 0.3 is 12.2 Å². The van der Waals surface area contributed by atoms with E-state index in [1.807, 2.05) is 87.5 Å². The number of benzene rings is 2. The second-order valence-corrected chi connectivity index (χ2v) is 13.3. The standard InChI is InChI=1S/C37H45N5O6S/c1-4-33-39-22-30(49-33)24-48-37(46)42-34(25(2)3)35(44)41-31(19-27-14-9-6-10-15-27)32(43)20-29(18-26-12-7-5-8-13-26)40-36(45)47-23-28-16-11-17-38-21-28/h5-17,21-22,25,29,31-32,34,43H,4,18-20,23-24H2,1-3H3,(H,40,45)(H,41,44)(H,42,46)/t29-,31-,32-,34?/m0/s1. The molecule has 0 fully saturated rings. The molecule has 49 heavy (non-hydrogen) atoms. The van der Waals surface area contributed by atoms with E-state index in [4.69, 9.17) is 9.47 Å². The number of aryl methyl sites for hydroxylation is 1. The number of thiazole rings is 1. The van der Waals surface area contributed by atoms with Crippen LogP contribution in [0.1, 0.15) is 53.8 Å². The summed E-state index contributed by atoms with van der Waals surface area (Å²) in [5.41, 5.74) is 2.61. The lowest BCUT2D eigenvalue weighted by atomic mass is 9.93. The van der Waals surface area contributed by atoms with E-state index in [9.17, 15) is 19.5 Å². The van der Waals surface area contributed by atoms with Gasteiger partial charge in [0.15, 0.2) is 0 Å². The number of rotatable bonds is 17. The fraction of sp³-hybridized carbons (Fsp3) is 0.378. The van der Waals surface area contributed by atoms with Gasteiger partial charge in [0.1, 0.15) is 19.3 Å². The van der Waals surface area contributed by atoms with Crippen molar-refractivity contribution in [2.75, 3.05) is 0 Å². The van der Waals surface area contributed by atoms with Gasteiger partial charge in [-0.3, -0.25) is 9.78 Å². The van der Waals surface area contributed by atoms with Gasteiger partial charge in [-0.15, -0.1) is 11.3 Å². The minimum absolute atomic E-state index is 0.0446. The summed E-state index contributed by atoms with van der Waals surface area (Å²) in [6, 6.07) is 20.5. The second kappa shape index (κ2) is 19.3. The molecule has 4 aromatic rings. The Bertz CT molecular complexity index is 1590. The summed E-state index contributed by atoms with van der Waals surface area (Å²) >= 11 is 1.47. The van der Waals surface area contributed by atoms with Crippen LogP contribution in [-0.2, 0) is 46.7 Å². The Hall–Kier alpha value is -4.81. The first-order chi connectivity index (χ1) is 23.7. The molecule has 4 N–H and O–H groups in total. The van der Waals surface area contributed by atoms with Crippen LogP contribution in [0.4, 0.5) is 9.59 Å². The van der Waals surface area contributed by atoms with E-state index in [0.29, 0.717) is 12.8 Å². The first-order valence-corrected chi connectivity index (χ1v) is 17.3. The summed E-state index contributed by atoms with van der Waals surface area (Å²) in [6.45, 7) is 5.74. The van der Waals surface area contributed by atoms with Crippen LogP contribution < -0.4 is 16.0 Å². The molecule has 1 unspecified atom stereocenters. The first kappa shape index (κ1) is 37.0. The number of hydrogen-bond acceptors (Lipinski definition) is 9. The van der Waals surface area contributed by atoms with Crippen molar-refractivity contribution in [2.45, 2.75) is 83.9 Å². The SMILES string of the molecule is CCc1ncc(COC(=O)NC(C(=O)N[C@@H](Cc2ccccc2)[C@@H](O)C[C@H](Cc2ccccc2)NC(=O)OCc2cccnc2)C(C)C)s1. The maximum atomic E-state index is 13.7. The molecule has 0 radical (unpaired) electrons. The van der Waals surface area contributed by atoms with Crippen LogP contribution in [-0.4, -0.2) is 57.4 Å². The molecule has 12 heteroatoms. The number of amides is 3. The molecule has 0 aliphatic rings. The minimum atomic E-state index is -1.07. The van der Waals surface area contributed by atoms with Crippen LogP contribution in [0, 0.1) is 5.92 Å². The van der Waals surface area contributed by atoms with Gasteiger partial charge in [0, 0.05) is 30.2 Å². The average molecular weight is 688 g/mol. The molecule has 4 rings (SSSR count). The molecular weight excluding hydrogens is 643 g/mol. The van der Waals surface area contributed by atoms with E-state index in [-0.39, 0.29) is 25.6 Å². The number of carbonyl (C=O) groups is 3. The van der Waals surface area contributed by atoms with E-state index in [1.165, 1.54) is 11.3 Å². The summed E-state index contributed by atoms with van der Waals surface area (Å²) in [6.07, 6.45) is 4.16. The Morgan fingerprint density at radius 3 is 2.04 bits per heavy atom. The van der Waals surface area contributed by atoms with Gasteiger partial charge in [0.25, 0.3) is 0 Å². The lowest BCUT2D eigenvalue weighted by Gasteiger charge is -2.30. The number of nitrogens with zero attached hydrogens (tertiary/aromatic N) is 2. The van der Waals surface area contributed by atoms with Crippen LogP contribution in [0.25, 0.3) is 0 Å². The summed E-state index contributed by atoms with van der Waals surface area (Å²) in [4.78, 5) is 48.5. The van der Waals surface area contributed by atoms with Crippen molar-refractivity contribution in [1.82, 2.24) is 25.9 Å². The van der Waals surface area contributed by atoms with Gasteiger partial charge in [-0.05, 0) is 48.8 Å². The third-order valence-electron chi connectivity index (χ3n) is 7.83. The minimum Gasteiger partial charge on any atom is -0.445 e. The molecule has 0 saturated heterocycles. The predicted molar refractivity (Wildman–Crippen MR) is 188 cm³/mol. The monoisotopic (exact) mass is 687 g/mol. The number of alkyl carbamates (subject to hydrolysis) is 2. The third kappa shape index (κ3) is 12.6. The topological polar surface area (TPSA) is 152 Å². The number of aliphatic hydroxyl groups excluding tert-OH is 1. The zero-order valence-electron chi connectivity index (χ0n) is 28.1. The molecule has 4 atom stereocenters. The van der Waals surface area contributed by atoms with Crippen molar-refractivity contribution in [3.05, 3.63) is 118 Å². The van der Waals surface area contributed by atoms with E-state index in [1.54, 1.807) is 24.7 Å². The smallest absolute Gasteiger partial charge is 0.408 e. The lowest BCUT2D eigenvalue weighted by molar-refractivity contribution is -0.125. The van der Waals surface area contributed by atoms with Crippen LogP contribution >= 0.6 is 11.3 Å². The Morgan fingerprint density at radius 2 is 1.43 bits per heavy atom. The van der Waals surface area contributed by atoms with Crippen LogP contribution in [0.15, 0.2) is 91.4 Å². The van der Waals surface area contributed by atoms with Crippen molar-refractivity contribution in [2.24, 2.45) is 5.92 Å². The van der Waals surface area contributed by atoms with Crippen molar-refractivity contribution < 1.29 is 29.0 Å². The number of ether oxygens (including phenoxy) is 2. The number of hydrogen-bond donors (Lipinski definition) is 4. The van der Waals surface area contributed by atoms with Crippen LogP contribution in [0.2, 0.25) is 0 Å². The molecule has 3 amide bonds. The highest BCUT2D eigenvalue weighted by Crippen LogP contribution is 2.17. The van der Waals surface area contributed by atoms with Crippen molar-refractivity contribution >= 4 is 29.4 Å². The highest BCUT2D eigenvalue weighted by molar-refractivity contribution is 7.11.